The van der Waals surface area contributed by atoms with Crippen molar-refractivity contribution in [3.63, 3.8) is 0 Å². The summed E-state index contributed by atoms with van der Waals surface area (Å²) in [7, 11) is 1.40. The Morgan fingerprint density at radius 2 is 2.06 bits per heavy atom. The van der Waals surface area contributed by atoms with E-state index in [4.69, 9.17) is 0 Å². The highest BCUT2D eigenvalue weighted by atomic mass is 16.5. The minimum absolute atomic E-state index is 0.280. The quantitative estimate of drug-likeness (QED) is 0.797. The maximum absolute atomic E-state index is 11.3. The molecule has 1 aromatic rings. The lowest BCUT2D eigenvalue weighted by Gasteiger charge is -2.37. The normalized spacial score (nSPS) is 15.5. The zero-order valence-corrected chi connectivity index (χ0v) is 11.0. The molecule has 0 amide bonds. The van der Waals surface area contributed by atoms with Crippen molar-refractivity contribution in [1.29, 1.82) is 0 Å². The van der Waals surface area contributed by atoms with Crippen LogP contribution in [0.25, 0.3) is 0 Å². The molecule has 18 heavy (non-hydrogen) atoms. The first-order valence-corrected chi connectivity index (χ1v) is 6.36. The van der Waals surface area contributed by atoms with Crippen LogP contribution < -0.4 is 5.32 Å². The number of nitrogens with zero attached hydrogens (tertiary/aromatic N) is 1. The van der Waals surface area contributed by atoms with Crippen molar-refractivity contribution < 1.29 is 9.53 Å². The Labute approximate surface area is 108 Å². The minimum atomic E-state index is -0.280. The number of esters is 1. The van der Waals surface area contributed by atoms with Crippen LogP contribution in [0.3, 0.4) is 0 Å². The summed E-state index contributed by atoms with van der Waals surface area (Å²) in [5.41, 5.74) is 1.84. The maximum Gasteiger partial charge on any atom is 0.337 e. The van der Waals surface area contributed by atoms with E-state index in [1.54, 1.807) is 0 Å². The Morgan fingerprint density at radius 1 is 1.39 bits per heavy atom. The number of hydrogen-bond donors (Lipinski definition) is 1. The Kier molecular flexibility index (Phi) is 4.33. The van der Waals surface area contributed by atoms with E-state index >= 15 is 0 Å². The van der Waals surface area contributed by atoms with Crippen LogP contribution in [0.1, 0.15) is 22.8 Å². The number of rotatable bonds is 5. The summed E-state index contributed by atoms with van der Waals surface area (Å²) in [4.78, 5) is 13.8. The largest absolute Gasteiger partial charge is 0.465 e. The second kappa shape index (κ2) is 5.98. The van der Waals surface area contributed by atoms with Gasteiger partial charge in [-0.2, -0.15) is 0 Å². The number of carbonyl (C=O) groups excluding carboxylic acids is 1. The SMILES string of the molecule is CCN(Cc1ccc(C(=O)OC)cc1)C1CNC1. The second-order valence-corrected chi connectivity index (χ2v) is 4.56. The topological polar surface area (TPSA) is 41.6 Å². The number of methoxy groups -OCH3 is 1. The van der Waals surface area contributed by atoms with Crippen molar-refractivity contribution >= 4 is 5.97 Å². The van der Waals surface area contributed by atoms with E-state index in [9.17, 15) is 4.79 Å². The zero-order chi connectivity index (χ0) is 13.0. The van der Waals surface area contributed by atoms with Gasteiger partial charge in [-0.3, -0.25) is 4.90 Å². The first-order valence-electron chi connectivity index (χ1n) is 6.36. The molecule has 0 saturated carbocycles. The Bertz CT molecular complexity index is 399. The Morgan fingerprint density at radius 3 is 2.50 bits per heavy atom. The number of benzene rings is 1. The average molecular weight is 248 g/mol. The molecule has 0 unspecified atom stereocenters. The van der Waals surface area contributed by atoms with E-state index in [2.05, 4.69) is 21.9 Å². The second-order valence-electron chi connectivity index (χ2n) is 4.56. The van der Waals surface area contributed by atoms with Crippen LogP contribution in [0.15, 0.2) is 24.3 Å². The molecule has 4 nitrogen and oxygen atoms in total. The summed E-state index contributed by atoms with van der Waals surface area (Å²) in [6, 6.07) is 8.31. The van der Waals surface area contributed by atoms with Gasteiger partial charge in [-0.25, -0.2) is 4.79 Å². The lowest BCUT2D eigenvalue weighted by Crippen LogP contribution is -2.56. The molecular formula is C14H20N2O2. The van der Waals surface area contributed by atoms with Crippen LogP contribution in [0.5, 0.6) is 0 Å². The average Bonchev–Trinajstić information content (AvgIpc) is 2.35. The van der Waals surface area contributed by atoms with Gasteiger partial charge in [0.2, 0.25) is 0 Å². The third kappa shape index (κ3) is 2.89. The molecule has 1 aliphatic heterocycles. The lowest BCUT2D eigenvalue weighted by molar-refractivity contribution is 0.0600. The highest BCUT2D eigenvalue weighted by Gasteiger charge is 2.23. The predicted octanol–water partition coefficient (Wildman–Crippen LogP) is 1.27. The molecule has 0 spiro atoms. The van der Waals surface area contributed by atoms with E-state index in [0.717, 1.165) is 26.2 Å². The van der Waals surface area contributed by atoms with Gasteiger partial charge < -0.3 is 10.1 Å². The van der Waals surface area contributed by atoms with Crippen LogP contribution >= 0.6 is 0 Å². The molecule has 2 rings (SSSR count). The van der Waals surface area contributed by atoms with Gasteiger partial charge in [-0.15, -0.1) is 0 Å². The van der Waals surface area contributed by atoms with Crippen molar-refractivity contribution in [2.24, 2.45) is 0 Å². The number of ether oxygens (including phenoxy) is 1. The number of nitrogens with one attached hydrogen (secondary N) is 1. The van der Waals surface area contributed by atoms with Gasteiger partial charge >= 0.3 is 5.97 Å². The molecule has 0 radical (unpaired) electrons. The van der Waals surface area contributed by atoms with Gasteiger partial charge in [-0.05, 0) is 24.2 Å². The fourth-order valence-electron chi connectivity index (χ4n) is 2.13. The summed E-state index contributed by atoms with van der Waals surface area (Å²) in [6.07, 6.45) is 0. The van der Waals surface area contributed by atoms with Crippen molar-refractivity contribution in [1.82, 2.24) is 10.2 Å². The zero-order valence-electron chi connectivity index (χ0n) is 11.0. The molecule has 0 atom stereocenters. The standard InChI is InChI=1S/C14H20N2O2/c1-3-16(13-8-15-9-13)10-11-4-6-12(7-5-11)14(17)18-2/h4-7,13,15H,3,8-10H2,1-2H3. The highest BCUT2D eigenvalue weighted by molar-refractivity contribution is 5.89. The molecule has 4 heteroatoms. The van der Waals surface area contributed by atoms with Crippen molar-refractivity contribution in [3.8, 4) is 0 Å². The first-order chi connectivity index (χ1) is 8.74. The third-order valence-corrected chi connectivity index (χ3v) is 3.44. The van der Waals surface area contributed by atoms with Gasteiger partial charge in [0.25, 0.3) is 0 Å². The van der Waals surface area contributed by atoms with Crippen LogP contribution in [-0.4, -0.2) is 43.7 Å². The van der Waals surface area contributed by atoms with Crippen LogP contribution in [0, 0.1) is 0 Å². The van der Waals surface area contributed by atoms with Gasteiger partial charge in [0, 0.05) is 25.7 Å². The summed E-state index contributed by atoms with van der Waals surface area (Å²) in [5, 5.41) is 3.29. The van der Waals surface area contributed by atoms with E-state index < -0.39 is 0 Å². The molecule has 1 N–H and O–H groups in total. The Balaban J connectivity index is 1.98. The van der Waals surface area contributed by atoms with E-state index in [0.29, 0.717) is 11.6 Å². The van der Waals surface area contributed by atoms with E-state index in [1.807, 2.05) is 24.3 Å². The summed E-state index contributed by atoms with van der Waals surface area (Å²) in [5.74, 6) is -0.280. The van der Waals surface area contributed by atoms with Crippen molar-refractivity contribution in [2.75, 3.05) is 26.7 Å². The third-order valence-electron chi connectivity index (χ3n) is 3.44. The van der Waals surface area contributed by atoms with Gasteiger partial charge in [0.15, 0.2) is 0 Å². The summed E-state index contributed by atoms with van der Waals surface area (Å²) in [6.45, 7) is 6.32. The monoisotopic (exact) mass is 248 g/mol. The Hall–Kier alpha value is -1.39. The van der Waals surface area contributed by atoms with Crippen LogP contribution in [-0.2, 0) is 11.3 Å². The molecule has 1 aromatic carbocycles. The first kappa shape index (κ1) is 13.1. The van der Waals surface area contributed by atoms with Gasteiger partial charge in [0.05, 0.1) is 12.7 Å². The molecule has 0 aliphatic carbocycles. The van der Waals surface area contributed by atoms with E-state index in [-0.39, 0.29) is 5.97 Å². The van der Waals surface area contributed by atoms with Gasteiger partial charge in [0.1, 0.15) is 0 Å². The van der Waals surface area contributed by atoms with Crippen LogP contribution in [0.2, 0.25) is 0 Å². The summed E-state index contributed by atoms with van der Waals surface area (Å²) < 4.78 is 4.69. The molecular weight excluding hydrogens is 228 g/mol. The molecule has 1 saturated heterocycles. The molecule has 1 aliphatic rings. The van der Waals surface area contributed by atoms with E-state index in [1.165, 1.54) is 12.7 Å². The smallest absolute Gasteiger partial charge is 0.337 e. The molecule has 98 valence electrons. The van der Waals surface area contributed by atoms with Crippen molar-refractivity contribution in [3.05, 3.63) is 35.4 Å². The lowest BCUT2D eigenvalue weighted by atomic mass is 10.1. The molecule has 0 aromatic heterocycles. The molecule has 1 heterocycles. The van der Waals surface area contributed by atoms with Crippen LogP contribution in [0.4, 0.5) is 0 Å². The number of likely N-dealkylation sites (N-methyl/N-ethyl adjacent to an activating group) is 1. The predicted molar refractivity (Wildman–Crippen MR) is 70.5 cm³/mol. The fourth-order valence-corrected chi connectivity index (χ4v) is 2.13. The van der Waals surface area contributed by atoms with Crippen molar-refractivity contribution in [2.45, 2.75) is 19.5 Å². The maximum atomic E-state index is 11.3. The molecule has 1 fully saturated rings. The molecule has 0 bridgehead atoms. The minimum Gasteiger partial charge on any atom is -0.465 e. The number of carbonyl (C=O) groups is 1. The summed E-state index contributed by atoms with van der Waals surface area (Å²) >= 11 is 0. The fraction of sp³-hybridized carbons (Fsp3) is 0.500. The highest BCUT2D eigenvalue weighted by Crippen LogP contribution is 2.12. The number of hydrogen-bond acceptors (Lipinski definition) is 4. The van der Waals surface area contributed by atoms with Gasteiger partial charge in [-0.1, -0.05) is 19.1 Å².